The molecule has 174 valence electrons. The maximum Gasteiger partial charge on any atom is 0.253 e. The third kappa shape index (κ3) is 4.42. The van der Waals surface area contributed by atoms with Crippen LogP contribution in [0.1, 0.15) is 54.8 Å². The Labute approximate surface area is 194 Å². The zero-order valence-electron chi connectivity index (χ0n) is 18.8. The van der Waals surface area contributed by atoms with Gasteiger partial charge in [-0.05, 0) is 68.0 Å². The van der Waals surface area contributed by atoms with Crippen molar-refractivity contribution in [2.75, 3.05) is 26.2 Å². The number of rotatable bonds is 4. The minimum absolute atomic E-state index is 0.0678. The average Bonchev–Trinajstić information content (AvgIpc) is 3.28. The van der Waals surface area contributed by atoms with Crippen molar-refractivity contribution in [2.24, 2.45) is 5.92 Å². The van der Waals surface area contributed by atoms with Gasteiger partial charge in [0.1, 0.15) is 5.52 Å². The van der Waals surface area contributed by atoms with E-state index < -0.39 is 10.0 Å². The van der Waals surface area contributed by atoms with Crippen LogP contribution in [0.3, 0.4) is 0 Å². The van der Waals surface area contributed by atoms with E-state index in [-0.39, 0.29) is 16.7 Å². The number of likely N-dealkylation sites (tertiary alicyclic amines) is 1. The molecule has 0 atom stereocenters. The smallest absolute Gasteiger partial charge is 0.253 e. The molecule has 8 heteroatoms. The monoisotopic (exact) mass is 467 g/mol. The van der Waals surface area contributed by atoms with Crippen molar-refractivity contribution < 1.29 is 17.6 Å². The van der Waals surface area contributed by atoms with Gasteiger partial charge in [-0.3, -0.25) is 4.79 Å². The largest absolute Gasteiger partial charge is 0.440 e. The third-order valence-corrected chi connectivity index (χ3v) is 8.84. The molecule has 0 unspecified atom stereocenters. The molecule has 0 aliphatic carbocycles. The lowest BCUT2D eigenvalue weighted by Crippen LogP contribution is -2.38. The van der Waals surface area contributed by atoms with Gasteiger partial charge in [0.25, 0.3) is 5.91 Å². The molecule has 1 aromatic heterocycles. The highest BCUT2D eigenvalue weighted by atomic mass is 32.2. The van der Waals surface area contributed by atoms with Crippen molar-refractivity contribution >= 4 is 27.0 Å². The Hall–Kier alpha value is -2.71. The highest BCUT2D eigenvalue weighted by Gasteiger charge is 2.30. The topological polar surface area (TPSA) is 83.7 Å². The molecule has 33 heavy (non-hydrogen) atoms. The van der Waals surface area contributed by atoms with E-state index in [0.717, 1.165) is 42.7 Å². The van der Waals surface area contributed by atoms with E-state index >= 15 is 0 Å². The highest BCUT2D eigenvalue weighted by Crippen LogP contribution is 2.31. The lowest BCUT2D eigenvalue weighted by atomic mass is 9.96. The summed E-state index contributed by atoms with van der Waals surface area (Å²) in [5.74, 6) is 1.43. The van der Waals surface area contributed by atoms with Gasteiger partial charge < -0.3 is 9.32 Å². The Balaban J connectivity index is 1.22. The summed E-state index contributed by atoms with van der Waals surface area (Å²) in [5.41, 5.74) is 2.17. The number of sulfonamides is 1. The predicted octanol–water partition coefficient (Wildman–Crippen LogP) is 4.27. The Morgan fingerprint density at radius 2 is 1.61 bits per heavy atom. The molecule has 3 heterocycles. The lowest BCUT2D eigenvalue weighted by Gasteiger charge is -2.31. The lowest BCUT2D eigenvalue weighted by molar-refractivity contribution is 0.0706. The summed E-state index contributed by atoms with van der Waals surface area (Å²) in [6.45, 7) is 4.50. The number of benzene rings is 2. The van der Waals surface area contributed by atoms with Crippen LogP contribution in [0.5, 0.6) is 0 Å². The number of hydrogen-bond donors (Lipinski definition) is 0. The van der Waals surface area contributed by atoms with E-state index in [2.05, 4.69) is 11.9 Å². The first-order valence-corrected chi connectivity index (χ1v) is 13.1. The summed E-state index contributed by atoms with van der Waals surface area (Å²) in [5, 5.41) is 0. The molecule has 2 aromatic carbocycles. The summed E-state index contributed by atoms with van der Waals surface area (Å²) in [4.78, 5) is 19.7. The molecule has 0 radical (unpaired) electrons. The van der Waals surface area contributed by atoms with Crippen molar-refractivity contribution in [2.45, 2.75) is 43.4 Å². The number of aromatic nitrogens is 1. The summed E-state index contributed by atoms with van der Waals surface area (Å²) < 4.78 is 33.3. The molecule has 0 bridgehead atoms. The van der Waals surface area contributed by atoms with Crippen LogP contribution in [0.4, 0.5) is 0 Å². The molecule has 0 saturated carbocycles. The zero-order valence-corrected chi connectivity index (χ0v) is 19.6. The van der Waals surface area contributed by atoms with Crippen LogP contribution in [0, 0.1) is 5.92 Å². The molecule has 2 saturated heterocycles. The van der Waals surface area contributed by atoms with Gasteiger partial charge in [-0.25, -0.2) is 13.4 Å². The number of fused-ring (bicyclic) bond motifs is 1. The van der Waals surface area contributed by atoms with E-state index in [9.17, 15) is 13.2 Å². The van der Waals surface area contributed by atoms with Gasteiger partial charge in [-0.2, -0.15) is 4.31 Å². The first-order chi connectivity index (χ1) is 15.9. The number of carbonyl (C=O) groups excluding carboxylic acids is 1. The predicted molar refractivity (Wildman–Crippen MR) is 125 cm³/mol. The van der Waals surface area contributed by atoms with Crippen LogP contribution < -0.4 is 0 Å². The normalized spacial score (nSPS) is 19.2. The van der Waals surface area contributed by atoms with Gasteiger partial charge in [0.05, 0.1) is 4.90 Å². The first kappa shape index (κ1) is 22.1. The molecule has 5 rings (SSSR count). The quantitative estimate of drug-likeness (QED) is 0.572. The first-order valence-electron chi connectivity index (χ1n) is 11.7. The van der Waals surface area contributed by atoms with Gasteiger partial charge in [-0.1, -0.05) is 19.1 Å². The Kier molecular flexibility index (Phi) is 5.97. The molecular weight excluding hydrogens is 438 g/mol. The second-order valence-electron chi connectivity index (χ2n) is 9.20. The van der Waals surface area contributed by atoms with Crippen LogP contribution in [-0.2, 0) is 10.0 Å². The Morgan fingerprint density at radius 3 is 2.27 bits per heavy atom. The van der Waals surface area contributed by atoms with Gasteiger partial charge in [0, 0.05) is 37.7 Å². The van der Waals surface area contributed by atoms with E-state index in [0.29, 0.717) is 37.7 Å². The van der Waals surface area contributed by atoms with Crippen molar-refractivity contribution in [3.63, 3.8) is 0 Å². The fourth-order valence-corrected chi connectivity index (χ4v) is 6.19. The minimum Gasteiger partial charge on any atom is -0.440 e. The fraction of sp³-hybridized carbons (Fsp3) is 0.440. The molecule has 0 spiro atoms. The molecule has 0 N–H and O–H groups in total. The summed E-state index contributed by atoms with van der Waals surface area (Å²) in [6, 6.07) is 14.1. The van der Waals surface area contributed by atoms with Crippen LogP contribution in [0.25, 0.3) is 11.1 Å². The molecule has 2 fully saturated rings. The fourth-order valence-electron chi connectivity index (χ4n) is 4.72. The average molecular weight is 468 g/mol. The van der Waals surface area contributed by atoms with E-state index in [1.165, 1.54) is 0 Å². The third-order valence-electron chi connectivity index (χ3n) is 6.92. The van der Waals surface area contributed by atoms with Gasteiger partial charge >= 0.3 is 0 Å². The standard InChI is InChI=1S/C25H29N3O4S/c1-18-10-16-28(17-11-18)33(30,31)21-8-6-20(7-9-21)25(29)27-14-12-19(13-15-27)24-26-22-4-2-3-5-23(22)32-24/h2-9,18-19H,10-17H2,1H3. The molecule has 2 aliphatic rings. The number of nitrogens with zero attached hydrogens (tertiary/aromatic N) is 3. The van der Waals surface area contributed by atoms with Crippen molar-refractivity contribution in [1.29, 1.82) is 0 Å². The van der Waals surface area contributed by atoms with Crippen LogP contribution in [0.2, 0.25) is 0 Å². The second-order valence-corrected chi connectivity index (χ2v) is 11.1. The van der Waals surface area contributed by atoms with Crippen molar-refractivity contribution in [3.05, 3.63) is 60.0 Å². The van der Waals surface area contributed by atoms with Crippen LogP contribution >= 0.6 is 0 Å². The molecule has 1 amide bonds. The summed E-state index contributed by atoms with van der Waals surface area (Å²) in [6.07, 6.45) is 3.35. The number of piperidine rings is 2. The van der Waals surface area contributed by atoms with Gasteiger partial charge in [-0.15, -0.1) is 0 Å². The number of carbonyl (C=O) groups is 1. The number of oxazole rings is 1. The number of amides is 1. The van der Waals surface area contributed by atoms with Gasteiger partial charge in [0.15, 0.2) is 11.5 Å². The highest BCUT2D eigenvalue weighted by molar-refractivity contribution is 7.89. The molecule has 7 nitrogen and oxygen atoms in total. The van der Waals surface area contributed by atoms with Crippen LogP contribution in [-0.4, -0.2) is 54.7 Å². The van der Waals surface area contributed by atoms with E-state index in [4.69, 9.17) is 4.42 Å². The molecule has 3 aromatic rings. The van der Waals surface area contributed by atoms with E-state index in [1.54, 1.807) is 28.6 Å². The summed E-state index contributed by atoms with van der Waals surface area (Å²) >= 11 is 0. The Bertz CT molecular complexity index is 1200. The molecule has 2 aliphatic heterocycles. The van der Waals surface area contributed by atoms with Gasteiger partial charge in [0.2, 0.25) is 10.0 Å². The van der Waals surface area contributed by atoms with Crippen LogP contribution in [0.15, 0.2) is 57.8 Å². The number of para-hydroxylation sites is 2. The minimum atomic E-state index is -3.51. The zero-order chi connectivity index (χ0) is 23.0. The summed E-state index contributed by atoms with van der Waals surface area (Å²) in [7, 11) is -3.51. The SMILES string of the molecule is CC1CCN(S(=O)(=O)c2ccc(C(=O)N3CCC(c4nc5ccccc5o4)CC3)cc2)CC1. The van der Waals surface area contributed by atoms with Crippen molar-refractivity contribution in [1.82, 2.24) is 14.2 Å². The number of hydrogen-bond acceptors (Lipinski definition) is 5. The second kappa shape index (κ2) is 8.91. The maximum absolute atomic E-state index is 13.0. The maximum atomic E-state index is 13.0. The Morgan fingerprint density at radius 1 is 0.939 bits per heavy atom. The van der Waals surface area contributed by atoms with E-state index in [1.807, 2.05) is 29.2 Å². The van der Waals surface area contributed by atoms with Crippen molar-refractivity contribution in [3.8, 4) is 0 Å². The molecular formula is C25H29N3O4S.